The monoisotopic (exact) mass is 439 g/mol. The van der Waals surface area contributed by atoms with Crippen LogP contribution in [0.2, 0.25) is 0 Å². The topological polar surface area (TPSA) is 47.4 Å². The number of ether oxygens (including phenoxy) is 1. The van der Waals surface area contributed by atoms with Gasteiger partial charge >= 0.3 is 0 Å². The van der Waals surface area contributed by atoms with E-state index in [4.69, 9.17) is 9.72 Å². The van der Waals surface area contributed by atoms with Crippen LogP contribution in [0.5, 0.6) is 5.75 Å². The van der Waals surface area contributed by atoms with Crippen LogP contribution in [0.15, 0.2) is 78.9 Å². The molecule has 0 radical (unpaired) electrons. The van der Waals surface area contributed by atoms with Gasteiger partial charge in [-0.3, -0.25) is 4.79 Å². The van der Waals surface area contributed by atoms with Crippen LogP contribution in [0.3, 0.4) is 0 Å². The number of hydrogen-bond acceptors (Lipinski definition) is 3. The van der Waals surface area contributed by atoms with E-state index in [0.717, 1.165) is 60.6 Å². The molecular weight excluding hydrogens is 410 g/mol. The van der Waals surface area contributed by atoms with Crippen molar-refractivity contribution in [1.82, 2.24) is 14.5 Å². The zero-order chi connectivity index (χ0) is 22.6. The second-order valence-electron chi connectivity index (χ2n) is 8.83. The number of nitrogens with zero attached hydrogens (tertiary/aromatic N) is 3. The minimum atomic E-state index is 0.137. The quantitative estimate of drug-likeness (QED) is 0.400. The molecule has 5 nitrogen and oxygen atoms in total. The molecule has 0 bridgehead atoms. The second-order valence-corrected chi connectivity index (χ2v) is 8.83. The van der Waals surface area contributed by atoms with E-state index in [-0.39, 0.29) is 5.91 Å². The van der Waals surface area contributed by atoms with Crippen molar-refractivity contribution in [2.75, 3.05) is 13.1 Å². The molecule has 5 heteroatoms. The molecule has 1 amide bonds. The fraction of sp³-hybridized carbons (Fsp3) is 0.286. The minimum absolute atomic E-state index is 0.137. The highest BCUT2D eigenvalue weighted by Crippen LogP contribution is 2.25. The van der Waals surface area contributed by atoms with Crippen molar-refractivity contribution in [3.8, 4) is 5.75 Å². The van der Waals surface area contributed by atoms with Gasteiger partial charge in [0.15, 0.2) is 0 Å². The molecule has 1 aliphatic heterocycles. The summed E-state index contributed by atoms with van der Waals surface area (Å²) in [5, 5.41) is 0. The van der Waals surface area contributed by atoms with Gasteiger partial charge in [-0.05, 0) is 62.1 Å². The highest BCUT2D eigenvalue weighted by Gasteiger charge is 2.25. The number of hydrogen-bond donors (Lipinski definition) is 0. The van der Waals surface area contributed by atoms with Crippen LogP contribution in [0, 0.1) is 12.8 Å². The Balaban J connectivity index is 1.27. The molecule has 0 N–H and O–H groups in total. The number of carbonyl (C=O) groups excluding carboxylic acids is 1. The number of amides is 1. The summed E-state index contributed by atoms with van der Waals surface area (Å²) >= 11 is 0. The van der Waals surface area contributed by atoms with E-state index < -0.39 is 0 Å². The molecule has 0 atom stereocenters. The number of piperidine rings is 1. The van der Waals surface area contributed by atoms with Gasteiger partial charge in [0.25, 0.3) is 5.91 Å². The molecule has 3 aromatic carbocycles. The fourth-order valence-corrected chi connectivity index (χ4v) is 4.56. The number of fused-ring (bicyclic) bond motifs is 1. The summed E-state index contributed by atoms with van der Waals surface area (Å²) < 4.78 is 8.33. The minimum Gasteiger partial charge on any atom is -0.486 e. The highest BCUT2D eigenvalue weighted by atomic mass is 16.5. The first-order chi connectivity index (χ1) is 16.2. The third-order valence-electron chi connectivity index (χ3n) is 6.49. The molecule has 4 aromatic rings. The molecule has 1 aliphatic rings. The maximum atomic E-state index is 12.9. The van der Waals surface area contributed by atoms with Gasteiger partial charge in [-0.1, -0.05) is 48.0 Å². The summed E-state index contributed by atoms with van der Waals surface area (Å²) in [4.78, 5) is 19.7. The van der Waals surface area contributed by atoms with Crippen LogP contribution in [0.4, 0.5) is 0 Å². The van der Waals surface area contributed by atoms with Gasteiger partial charge in [0.2, 0.25) is 0 Å². The predicted molar refractivity (Wildman–Crippen MR) is 130 cm³/mol. The van der Waals surface area contributed by atoms with Crippen LogP contribution >= 0.6 is 0 Å². The van der Waals surface area contributed by atoms with Crippen molar-refractivity contribution < 1.29 is 9.53 Å². The Hall–Kier alpha value is -3.60. The average Bonchev–Trinajstić information content (AvgIpc) is 3.21. The molecule has 1 fully saturated rings. The van der Waals surface area contributed by atoms with Gasteiger partial charge in [0.1, 0.15) is 18.2 Å². The van der Waals surface area contributed by atoms with E-state index in [1.165, 1.54) is 5.56 Å². The molecule has 5 rings (SSSR count). The molecule has 2 heterocycles. The van der Waals surface area contributed by atoms with Crippen molar-refractivity contribution >= 4 is 16.9 Å². The molecule has 0 unspecified atom stereocenters. The number of rotatable bonds is 6. The normalized spacial score (nSPS) is 14.5. The van der Waals surface area contributed by atoms with E-state index in [0.29, 0.717) is 12.5 Å². The van der Waals surface area contributed by atoms with Crippen molar-refractivity contribution in [1.29, 1.82) is 0 Å². The Morgan fingerprint density at radius 1 is 0.939 bits per heavy atom. The van der Waals surface area contributed by atoms with Gasteiger partial charge < -0.3 is 14.2 Å². The predicted octanol–water partition coefficient (Wildman–Crippen LogP) is 5.48. The van der Waals surface area contributed by atoms with Crippen molar-refractivity contribution in [3.05, 3.63) is 95.8 Å². The van der Waals surface area contributed by atoms with Crippen LogP contribution in [0.1, 0.15) is 34.6 Å². The summed E-state index contributed by atoms with van der Waals surface area (Å²) in [6.07, 6.45) is 1.98. The van der Waals surface area contributed by atoms with Gasteiger partial charge in [-0.25, -0.2) is 4.98 Å². The van der Waals surface area contributed by atoms with E-state index in [1.807, 2.05) is 72.5 Å². The fourth-order valence-electron chi connectivity index (χ4n) is 4.56. The van der Waals surface area contributed by atoms with Gasteiger partial charge in [-0.2, -0.15) is 0 Å². The van der Waals surface area contributed by atoms with Crippen LogP contribution in [0.25, 0.3) is 11.0 Å². The lowest BCUT2D eigenvalue weighted by Crippen LogP contribution is -2.39. The third kappa shape index (κ3) is 4.77. The first kappa shape index (κ1) is 21.3. The zero-order valence-electron chi connectivity index (χ0n) is 19.0. The third-order valence-corrected chi connectivity index (χ3v) is 6.49. The van der Waals surface area contributed by atoms with E-state index in [1.54, 1.807) is 0 Å². The Morgan fingerprint density at radius 2 is 1.64 bits per heavy atom. The zero-order valence-corrected chi connectivity index (χ0v) is 19.0. The van der Waals surface area contributed by atoms with E-state index in [9.17, 15) is 4.79 Å². The van der Waals surface area contributed by atoms with E-state index in [2.05, 4.69) is 22.8 Å². The first-order valence-corrected chi connectivity index (χ1v) is 11.7. The number of carbonyl (C=O) groups is 1. The summed E-state index contributed by atoms with van der Waals surface area (Å²) in [5.41, 5.74) is 4.09. The molecule has 0 aliphatic carbocycles. The van der Waals surface area contributed by atoms with E-state index >= 15 is 0 Å². The summed E-state index contributed by atoms with van der Waals surface area (Å²) in [6.45, 7) is 4.95. The average molecular weight is 440 g/mol. The van der Waals surface area contributed by atoms with Crippen molar-refractivity contribution in [3.63, 3.8) is 0 Å². The van der Waals surface area contributed by atoms with Crippen LogP contribution in [-0.4, -0.2) is 33.4 Å². The van der Waals surface area contributed by atoms with Crippen LogP contribution in [-0.2, 0) is 13.2 Å². The summed E-state index contributed by atoms with van der Waals surface area (Å²) in [6, 6.07) is 26.0. The lowest BCUT2D eigenvalue weighted by molar-refractivity contribution is 0.0682. The number of likely N-dealkylation sites (tertiary alicyclic amines) is 1. The Bertz CT molecular complexity index is 1220. The smallest absolute Gasteiger partial charge is 0.253 e. The number of para-hydroxylation sites is 3. The lowest BCUT2D eigenvalue weighted by Gasteiger charge is -2.32. The maximum absolute atomic E-state index is 12.9. The molecular formula is C28H29N3O2. The van der Waals surface area contributed by atoms with Gasteiger partial charge in [-0.15, -0.1) is 0 Å². The van der Waals surface area contributed by atoms with Crippen molar-refractivity contribution in [2.24, 2.45) is 5.92 Å². The Morgan fingerprint density at radius 3 is 2.39 bits per heavy atom. The van der Waals surface area contributed by atoms with Gasteiger partial charge in [0.05, 0.1) is 11.0 Å². The lowest BCUT2D eigenvalue weighted by atomic mass is 9.96. The molecule has 1 saturated heterocycles. The molecule has 1 aromatic heterocycles. The SMILES string of the molecule is Cc1ccc(C(=O)N2CCC(Cn3c(COc4ccccc4)nc4ccccc43)CC2)cc1. The number of imidazole rings is 1. The Kier molecular flexibility index (Phi) is 6.11. The Labute approximate surface area is 194 Å². The number of aryl methyl sites for hydroxylation is 1. The molecule has 0 spiro atoms. The van der Waals surface area contributed by atoms with Crippen molar-refractivity contribution in [2.45, 2.75) is 32.9 Å². The summed E-state index contributed by atoms with van der Waals surface area (Å²) in [7, 11) is 0. The highest BCUT2D eigenvalue weighted by molar-refractivity contribution is 5.94. The molecule has 0 saturated carbocycles. The second kappa shape index (κ2) is 9.49. The largest absolute Gasteiger partial charge is 0.486 e. The first-order valence-electron chi connectivity index (χ1n) is 11.7. The molecule has 33 heavy (non-hydrogen) atoms. The van der Waals surface area contributed by atoms with Gasteiger partial charge in [0, 0.05) is 25.2 Å². The standard InChI is InChI=1S/C28H29N3O2/c1-21-11-13-23(14-12-21)28(32)30-17-15-22(16-18-30)19-31-26-10-6-5-9-25(26)29-27(31)20-33-24-7-3-2-4-8-24/h2-14,22H,15-20H2,1H3. The number of aromatic nitrogens is 2. The summed E-state index contributed by atoms with van der Waals surface area (Å²) in [5.74, 6) is 2.43. The molecule has 168 valence electrons. The number of benzene rings is 3. The van der Waals surface area contributed by atoms with Crippen LogP contribution < -0.4 is 4.74 Å². The maximum Gasteiger partial charge on any atom is 0.253 e.